The van der Waals surface area contributed by atoms with E-state index in [-0.39, 0.29) is 35.3 Å². The minimum atomic E-state index is -3.92. The standard InChI is InChI=1S/C18H18BrN5O5S2/c19-12-4-1-2-5-13(12)20-17-18(23-30(26)22-17)21-14-6-3-7-15(16(14)25)31(27,28)24-8-10-29-11-9-24/h1-7,25H,8-11H2,(H,20,22)(H,21,23). The molecule has 0 saturated carbocycles. The molecule has 0 aromatic heterocycles. The van der Waals surface area contributed by atoms with Crippen molar-refractivity contribution in [1.29, 1.82) is 0 Å². The minimum absolute atomic E-state index is 0.0913. The van der Waals surface area contributed by atoms with Gasteiger partial charge in [0.1, 0.15) is 4.90 Å². The number of anilines is 2. The number of ether oxygens (including phenoxy) is 1. The number of sulfonamides is 1. The summed E-state index contributed by atoms with van der Waals surface area (Å²) in [6, 6.07) is 11.6. The van der Waals surface area contributed by atoms with Gasteiger partial charge in [0.2, 0.25) is 10.0 Å². The first-order valence-electron chi connectivity index (χ1n) is 9.14. The van der Waals surface area contributed by atoms with E-state index >= 15 is 0 Å². The van der Waals surface area contributed by atoms with Crippen LogP contribution in [0, 0.1) is 0 Å². The van der Waals surface area contributed by atoms with Gasteiger partial charge >= 0.3 is 0 Å². The van der Waals surface area contributed by atoms with Gasteiger partial charge in [-0.1, -0.05) is 18.2 Å². The van der Waals surface area contributed by atoms with Gasteiger partial charge in [0, 0.05) is 17.6 Å². The maximum Gasteiger partial charge on any atom is 0.269 e. The summed E-state index contributed by atoms with van der Waals surface area (Å²) in [5.41, 5.74) is 0.760. The zero-order valence-electron chi connectivity index (χ0n) is 16.0. The van der Waals surface area contributed by atoms with Crippen molar-refractivity contribution in [3.63, 3.8) is 0 Å². The number of phenolic OH excluding ortho intramolecular Hbond substituents is 1. The molecule has 2 aromatic carbocycles. The first-order chi connectivity index (χ1) is 14.9. The summed E-state index contributed by atoms with van der Waals surface area (Å²) in [6.07, 6.45) is 0. The summed E-state index contributed by atoms with van der Waals surface area (Å²) in [7, 11) is -3.92. The van der Waals surface area contributed by atoms with Gasteiger partial charge in [-0.3, -0.25) is 0 Å². The monoisotopic (exact) mass is 527 g/mol. The first-order valence-corrected chi connectivity index (χ1v) is 12.4. The molecule has 31 heavy (non-hydrogen) atoms. The Bertz CT molecular complexity index is 1200. The van der Waals surface area contributed by atoms with E-state index in [1.807, 2.05) is 18.2 Å². The van der Waals surface area contributed by atoms with Crippen LogP contribution in [0.15, 0.2) is 60.6 Å². The number of aromatic hydroxyl groups is 1. The number of morpholine rings is 1. The summed E-state index contributed by atoms with van der Waals surface area (Å²) in [6.45, 7) is 0.998. The van der Waals surface area contributed by atoms with Crippen LogP contribution in [0.4, 0.5) is 11.4 Å². The second-order valence-electron chi connectivity index (χ2n) is 6.51. The van der Waals surface area contributed by atoms with Crippen LogP contribution in [0.1, 0.15) is 0 Å². The predicted octanol–water partition coefficient (Wildman–Crippen LogP) is 2.09. The highest BCUT2D eigenvalue weighted by molar-refractivity contribution is 9.10. The number of hydrogen-bond acceptors (Lipinski definition) is 7. The highest BCUT2D eigenvalue weighted by Gasteiger charge is 2.30. The molecule has 164 valence electrons. The molecule has 1 atom stereocenters. The maximum absolute atomic E-state index is 13.0. The molecule has 0 bridgehead atoms. The number of rotatable bonds is 4. The summed E-state index contributed by atoms with van der Waals surface area (Å²) < 4.78 is 52.9. The Morgan fingerprint density at radius 1 is 1.00 bits per heavy atom. The number of hydrogen-bond donors (Lipinski definition) is 3. The van der Waals surface area contributed by atoms with Crippen molar-refractivity contribution >= 4 is 60.2 Å². The van der Waals surface area contributed by atoms with Crippen molar-refractivity contribution in [1.82, 2.24) is 4.31 Å². The molecule has 0 amide bonds. The van der Waals surface area contributed by atoms with Crippen molar-refractivity contribution in [3.8, 4) is 5.75 Å². The Morgan fingerprint density at radius 3 is 2.29 bits per heavy atom. The van der Waals surface area contributed by atoms with Crippen LogP contribution in [-0.2, 0) is 25.9 Å². The van der Waals surface area contributed by atoms with Crippen LogP contribution in [0.5, 0.6) is 5.75 Å². The third kappa shape index (κ3) is 4.65. The van der Waals surface area contributed by atoms with E-state index in [0.29, 0.717) is 18.9 Å². The normalized spacial score (nSPS) is 19.6. The van der Waals surface area contributed by atoms with E-state index in [2.05, 4.69) is 35.4 Å². The zero-order chi connectivity index (χ0) is 22.0. The number of para-hydroxylation sites is 2. The van der Waals surface area contributed by atoms with Gasteiger partial charge < -0.3 is 20.5 Å². The van der Waals surface area contributed by atoms with E-state index in [4.69, 9.17) is 4.74 Å². The molecule has 3 N–H and O–H groups in total. The average molecular weight is 528 g/mol. The molecule has 2 aliphatic heterocycles. The van der Waals surface area contributed by atoms with E-state index in [0.717, 1.165) is 4.47 Å². The molecule has 1 fully saturated rings. The fourth-order valence-corrected chi connectivity index (χ4v) is 5.52. The number of amidine groups is 2. The lowest BCUT2D eigenvalue weighted by molar-refractivity contribution is 0.0729. The van der Waals surface area contributed by atoms with Gasteiger partial charge in [-0.05, 0) is 40.2 Å². The average Bonchev–Trinajstić information content (AvgIpc) is 3.10. The van der Waals surface area contributed by atoms with Crippen molar-refractivity contribution in [2.24, 2.45) is 8.80 Å². The van der Waals surface area contributed by atoms with Gasteiger partial charge in [-0.25, -0.2) is 12.6 Å². The molecule has 4 rings (SSSR count). The second-order valence-corrected chi connectivity index (χ2v) is 10.1. The smallest absolute Gasteiger partial charge is 0.269 e. The van der Waals surface area contributed by atoms with E-state index < -0.39 is 26.9 Å². The number of nitrogens with zero attached hydrogens (tertiary/aromatic N) is 3. The molecule has 0 radical (unpaired) electrons. The summed E-state index contributed by atoms with van der Waals surface area (Å²) >= 11 is 1.56. The van der Waals surface area contributed by atoms with Crippen molar-refractivity contribution in [3.05, 3.63) is 46.9 Å². The van der Waals surface area contributed by atoms with Crippen LogP contribution in [0.3, 0.4) is 0 Å². The molecular formula is C18H18BrN5O5S2. The second kappa shape index (κ2) is 9.04. The van der Waals surface area contributed by atoms with Gasteiger partial charge in [-0.15, -0.1) is 8.80 Å². The van der Waals surface area contributed by atoms with Crippen LogP contribution < -0.4 is 10.6 Å². The molecule has 13 heteroatoms. The van der Waals surface area contributed by atoms with Gasteiger partial charge in [0.15, 0.2) is 17.4 Å². The van der Waals surface area contributed by atoms with Crippen LogP contribution in [0.2, 0.25) is 0 Å². The van der Waals surface area contributed by atoms with Crippen molar-refractivity contribution in [2.75, 3.05) is 36.9 Å². The largest absolute Gasteiger partial charge is 0.504 e. The van der Waals surface area contributed by atoms with Crippen LogP contribution in [-0.4, -0.2) is 60.0 Å². The van der Waals surface area contributed by atoms with E-state index in [9.17, 15) is 17.7 Å². The number of halogens is 1. The quantitative estimate of drug-likeness (QED) is 0.518. The van der Waals surface area contributed by atoms with Crippen molar-refractivity contribution < 1.29 is 22.5 Å². The Balaban J connectivity index is 1.60. The molecule has 1 unspecified atom stereocenters. The third-order valence-electron chi connectivity index (χ3n) is 4.53. The lowest BCUT2D eigenvalue weighted by Crippen LogP contribution is -2.40. The van der Waals surface area contributed by atoms with Gasteiger partial charge in [0.25, 0.3) is 11.2 Å². The van der Waals surface area contributed by atoms with Crippen molar-refractivity contribution in [2.45, 2.75) is 4.90 Å². The number of nitrogens with one attached hydrogen (secondary N) is 2. The fourth-order valence-electron chi connectivity index (χ4n) is 3.00. The molecule has 2 heterocycles. The highest BCUT2D eigenvalue weighted by Crippen LogP contribution is 2.33. The third-order valence-corrected chi connectivity index (χ3v) is 7.83. The Kier molecular flexibility index (Phi) is 6.39. The molecular weight excluding hydrogens is 510 g/mol. The van der Waals surface area contributed by atoms with Gasteiger partial charge in [0.05, 0.1) is 24.6 Å². The Morgan fingerprint density at radius 2 is 1.61 bits per heavy atom. The molecule has 0 aliphatic carbocycles. The Labute approximate surface area is 189 Å². The molecule has 0 spiro atoms. The summed E-state index contributed by atoms with van der Waals surface area (Å²) in [5, 5.41) is 16.6. The minimum Gasteiger partial charge on any atom is -0.504 e. The SMILES string of the molecule is O=S1N=C(Nc2ccccc2Br)C(Nc2cccc(S(=O)(=O)N3CCOCC3)c2O)=N1. The summed E-state index contributed by atoms with van der Waals surface area (Å²) in [4.78, 5) is -0.239. The molecule has 2 aromatic rings. The van der Waals surface area contributed by atoms with Crippen LogP contribution >= 0.6 is 15.9 Å². The van der Waals surface area contributed by atoms with Crippen LogP contribution in [0.25, 0.3) is 0 Å². The number of phenols is 1. The molecule has 1 saturated heterocycles. The predicted molar refractivity (Wildman–Crippen MR) is 122 cm³/mol. The maximum atomic E-state index is 13.0. The summed E-state index contributed by atoms with van der Waals surface area (Å²) in [5.74, 6) is -0.175. The lowest BCUT2D eigenvalue weighted by Gasteiger charge is -2.26. The lowest BCUT2D eigenvalue weighted by atomic mass is 10.2. The fraction of sp³-hybridized carbons (Fsp3) is 0.222. The number of benzene rings is 2. The Hall–Kier alpha value is -2.32. The van der Waals surface area contributed by atoms with E-state index in [1.54, 1.807) is 6.07 Å². The van der Waals surface area contributed by atoms with E-state index in [1.165, 1.54) is 22.5 Å². The van der Waals surface area contributed by atoms with Gasteiger partial charge in [-0.2, -0.15) is 4.31 Å². The first kappa shape index (κ1) is 21.9. The highest BCUT2D eigenvalue weighted by atomic mass is 79.9. The molecule has 2 aliphatic rings. The topological polar surface area (TPSA) is 133 Å². The molecule has 10 nitrogen and oxygen atoms in total. The zero-order valence-corrected chi connectivity index (χ0v) is 19.2.